The van der Waals surface area contributed by atoms with Crippen molar-refractivity contribution in [2.75, 3.05) is 13.7 Å². The molecule has 5 nitrogen and oxygen atoms in total. The van der Waals surface area contributed by atoms with Crippen LogP contribution in [0, 0.1) is 0 Å². The Morgan fingerprint density at radius 3 is 2.59 bits per heavy atom. The van der Waals surface area contributed by atoms with Crippen molar-refractivity contribution in [1.29, 1.82) is 0 Å². The Labute approximate surface area is 135 Å². The van der Waals surface area contributed by atoms with Crippen molar-refractivity contribution in [3.8, 4) is 11.4 Å². The predicted molar refractivity (Wildman–Crippen MR) is 89.6 cm³/mol. The number of nitrogens with zero attached hydrogens (tertiary/aromatic N) is 4. The summed E-state index contributed by atoms with van der Waals surface area (Å²) in [5.41, 5.74) is 1.88. The van der Waals surface area contributed by atoms with Crippen molar-refractivity contribution >= 4 is 17.2 Å². The molecule has 0 bridgehead atoms. The number of rotatable bonds is 3. The van der Waals surface area contributed by atoms with Gasteiger partial charge in [-0.05, 0) is 44.9 Å². The van der Waals surface area contributed by atoms with Crippen molar-refractivity contribution in [2.45, 2.75) is 32.2 Å². The van der Waals surface area contributed by atoms with Crippen LogP contribution < -0.4 is 4.74 Å². The van der Waals surface area contributed by atoms with Gasteiger partial charge < -0.3 is 9.64 Å². The van der Waals surface area contributed by atoms with Gasteiger partial charge in [0.05, 0.1) is 25.2 Å². The highest BCUT2D eigenvalue weighted by atomic mass is 32.1. The molecule has 116 valence electrons. The van der Waals surface area contributed by atoms with Gasteiger partial charge in [-0.1, -0.05) is 12.2 Å². The summed E-state index contributed by atoms with van der Waals surface area (Å²) in [5, 5.41) is 8.47. The van der Waals surface area contributed by atoms with Crippen molar-refractivity contribution < 1.29 is 4.74 Å². The maximum Gasteiger partial charge on any atom is 0.119 e. The molecule has 1 aliphatic rings. The summed E-state index contributed by atoms with van der Waals surface area (Å²) in [7, 11) is 1.66. The van der Waals surface area contributed by atoms with Gasteiger partial charge >= 0.3 is 0 Å². The van der Waals surface area contributed by atoms with E-state index < -0.39 is 0 Å². The molecule has 3 rings (SSSR count). The van der Waals surface area contributed by atoms with E-state index in [2.05, 4.69) is 28.9 Å². The SMILES string of the molecule is COc1ccc(-n2nccn2)c(C(=S)N2CCCC2(C)C)c1. The van der Waals surface area contributed by atoms with Crippen LogP contribution in [0.15, 0.2) is 30.6 Å². The lowest BCUT2D eigenvalue weighted by Gasteiger charge is -2.34. The zero-order valence-electron chi connectivity index (χ0n) is 13.1. The average Bonchev–Trinajstić information content (AvgIpc) is 3.15. The third-order valence-corrected chi connectivity index (χ3v) is 4.65. The second kappa shape index (κ2) is 5.68. The number of aromatic nitrogens is 3. The van der Waals surface area contributed by atoms with E-state index in [0.29, 0.717) is 0 Å². The largest absolute Gasteiger partial charge is 0.497 e. The molecule has 0 atom stereocenters. The number of thiocarbonyl (C=S) groups is 1. The first-order valence-corrected chi connectivity index (χ1v) is 7.80. The molecule has 22 heavy (non-hydrogen) atoms. The van der Waals surface area contributed by atoms with Crippen LogP contribution in [0.2, 0.25) is 0 Å². The van der Waals surface area contributed by atoms with Gasteiger partial charge in [0, 0.05) is 17.6 Å². The van der Waals surface area contributed by atoms with Gasteiger partial charge in [-0.25, -0.2) is 0 Å². The summed E-state index contributed by atoms with van der Waals surface area (Å²) in [6.45, 7) is 5.45. The molecule has 6 heteroatoms. The smallest absolute Gasteiger partial charge is 0.119 e. The third-order valence-electron chi connectivity index (χ3n) is 4.21. The van der Waals surface area contributed by atoms with Crippen molar-refractivity contribution in [3.05, 3.63) is 36.2 Å². The zero-order valence-corrected chi connectivity index (χ0v) is 13.9. The Bertz CT molecular complexity index is 681. The molecule has 2 heterocycles. The lowest BCUT2D eigenvalue weighted by atomic mass is 10.0. The lowest BCUT2D eigenvalue weighted by Crippen LogP contribution is -2.42. The molecule has 1 aliphatic heterocycles. The molecule has 0 unspecified atom stereocenters. The minimum atomic E-state index is 0.0783. The van der Waals surface area contributed by atoms with Crippen LogP contribution in [-0.2, 0) is 0 Å². The van der Waals surface area contributed by atoms with Crippen LogP contribution >= 0.6 is 12.2 Å². The second-order valence-electron chi connectivity index (χ2n) is 6.07. The molecule has 0 amide bonds. The number of hydrogen-bond donors (Lipinski definition) is 0. The second-order valence-corrected chi connectivity index (χ2v) is 6.46. The maximum absolute atomic E-state index is 5.80. The standard InChI is InChI=1S/C16H20N4OS/c1-16(2)7-4-10-19(16)15(22)13-11-12(21-3)5-6-14(13)20-17-8-9-18-20/h5-6,8-9,11H,4,7,10H2,1-3H3. The number of methoxy groups -OCH3 is 1. The first-order chi connectivity index (χ1) is 10.5. The summed E-state index contributed by atoms with van der Waals surface area (Å²) in [5.74, 6) is 0.783. The summed E-state index contributed by atoms with van der Waals surface area (Å²) < 4.78 is 5.36. The Balaban J connectivity index is 2.06. The molecule has 1 aromatic carbocycles. The van der Waals surface area contributed by atoms with E-state index in [-0.39, 0.29) is 5.54 Å². The monoisotopic (exact) mass is 316 g/mol. The van der Waals surface area contributed by atoms with Gasteiger partial charge in [-0.2, -0.15) is 15.0 Å². The summed E-state index contributed by atoms with van der Waals surface area (Å²) in [6, 6.07) is 5.82. The topological polar surface area (TPSA) is 43.2 Å². The van der Waals surface area contributed by atoms with E-state index in [1.54, 1.807) is 24.3 Å². The fraction of sp³-hybridized carbons (Fsp3) is 0.438. The average molecular weight is 316 g/mol. The highest BCUT2D eigenvalue weighted by Gasteiger charge is 2.34. The van der Waals surface area contributed by atoms with E-state index in [1.165, 1.54) is 0 Å². The minimum Gasteiger partial charge on any atom is -0.497 e. The Hall–Kier alpha value is -1.95. The van der Waals surface area contributed by atoms with Crippen LogP contribution in [0.4, 0.5) is 0 Å². The molecule has 1 fully saturated rings. The summed E-state index contributed by atoms with van der Waals surface area (Å²) in [4.78, 5) is 4.72. The van der Waals surface area contributed by atoms with Crippen molar-refractivity contribution in [3.63, 3.8) is 0 Å². The van der Waals surface area contributed by atoms with Crippen LogP contribution in [-0.4, -0.2) is 44.1 Å². The van der Waals surface area contributed by atoms with Crippen LogP contribution in [0.5, 0.6) is 5.75 Å². The summed E-state index contributed by atoms with van der Waals surface area (Å²) >= 11 is 5.80. The van der Waals surface area contributed by atoms with E-state index in [0.717, 1.165) is 41.4 Å². The van der Waals surface area contributed by atoms with E-state index in [9.17, 15) is 0 Å². The molecule has 0 N–H and O–H groups in total. The van der Waals surface area contributed by atoms with Gasteiger partial charge in [-0.15, -0.1) is 0 Å². The lowest BCUT2D eigenvalue weighted by molar-refractivity contribution is 0.287. The molecule has 2 aromatic rings. The molecular weight excluding hydrogens is 296 g/mol. The molecular formula is C16H20N4OS. The number of ether oxygens (including phenoxy) is 1. The van der Waals surface area contributed by atoms with Gasteiger partial charge in [-0.3, -0.25) is 0 Å². The minimum absolute atomic E-state index is 0.0783. The van der Waals surface area contributed by atoms with Crippen LogP contribution in [0.1, 0.15) is 32.3 Å². The molecule has 1 aromatic heterocycles. The predicted octanol–water partition coefficient (Wildman–Crippen LogP) is 2.83. The number of benzene rings is 1. The fourth-order valence-corrected chi connectivity index (χ4v) is 3.46. The third kappa shape index (κ3) is 2.59. The van der Waals surface area contributed by atoms with E-state index >= 15 is 0 Å². The maximum atomic E-state index is 5.80. The van der Waals surface area contributed by atoms with Gasteiger partial charge in [0.2, 0.25) is 0 Å². The van der Waals surface area contributed by atoms with Crippen LogP contribution in [0.3, 0.4) is 0 Å². The zero-order chi connectivity index (χ0) is 15.7. The molecule has 0 radical (unpaired) electrons. The normalized spacial score (nSPS) is 16.8. The van der Waals surface area contributed by atoms with Crippen LogP contribution in [0.25, 0.3) is 5.69 Å². The molecule has 0 aliphatic carbocycles. The first-order valence-electron chi connectivity index (χ1n) is 7.39. The van der Waals surface area contributed by atoms with E-state index in [4.69, 9.17) is 17.0 Å². The van der Waals surface area contributed by atoms with Gasteiger partial charge in [0.25, 0.3) is 0 Å². The number of hydrogen-bond acceptors (Lipinski definition) is 4. The van der Waals surface area contributed by atoms with Gasteiger partial charge in [0.1, 0.15) is 10.7 Å². The van der Waals surface area contributed by atoms with Crippen molar-refractivity contribution in [1.82, 2.24) is 19.9 Å². The highest BCUT2D eigenvalue weighted by Crippen LogP contribution is 2.32. The molecule has 1 saturated heterocycles. The molecule has 0 saturated carbocycles. The van der Waals surface area contributed by atoms with Gasteiger partial charge in [0.15, 0.2) is 0 Å². The van der Waals surface area contributed by atoms with E-state index in [1.807, 2.05) is 18.2 Å². The molecule has 0 spiro atoms. The number of likely N-dealkylation sites (tertiary alicyclic amines) is 1. The highest BCUT2D eigenvalue weighted by molar-refractivity contribution is 7.80. The van der Waals surface area contributed by atoms with Crippen molar-refractivity contribution in [2.24, 2.45) is 0 Å². The fourth-order valence-electron chi connectivity index (χ4n) is 2.96. The Morgan fingerprint density at radius 1 is 1.27 bits per heavy atom. The Kier molecular flexibility index (Phi) is 3.87. The summed E-state index contributed by atoms with van der Waals surface area (Å²) in [6.07, 6.45) is 5.63. The first kappa shape index (κ1) is 15.0. The Morgan fingerprint density at radius 2 is 2.00 bits per heavy atom. The quantitative estimate of drug-likeness (QED) is 0.815.